The molecule has 0 radical (unpaired) electrons. The van der Waals surface area contributed by atoms with Crippen molar-refractivity contribution >= 4 is 28.2 Å². The molecule has 1 amide bonds. The zero-order valence-electron chi connectivity index (χ0n) is 12.5. The number of anilines is 2. The molecule has 1 aliphatic rings. The number of hydrogen-bond acceptors (Lipinski definition) is 6. The van der Waals surface area contributed by atoms with E-state index in [4.69, 9.17) is 10.8 Å². The first-order valence-electron chi connectivity index (χ1n) is 7.58. The zero-order chi connectivity index (χ0) is 15.2. The van der Waals surface area contributed by atoms with Gasteiger partial charge in [0.05, 0.1) is 0 Å². The Morgan fingerprint density at radius 3 is 2.76 bits per heavy atom. The van der Waals surface area contributed by atoms with E-state index in [1.54, 1.807) is 4.90 Å². The number of aromatic nitrogens is 1. The van der Waals surface area contributed by atoms with Gasteiger partial charge in [0.2, 0.25) is 0 Å². The number of nitrogens with zero attached hydrogens (tertiary/aromatic N) is 3. The molecule has 1 aromatic heterocycles. The van der Waals surface area contributed by atoms with E-state index in [-0.39, 0.29) is 12.5 Å². The summed E-state index contributed by atoms with van der Waals surface area (Å²) >= 11 is 1.39. The van der Waals surface area contributed by atoms with Crippen molar-refractivity contribution in [1.82, 2.24) is 9.88 Å². The molecule has 2 heterocycles. The summed E-state index contributed by atoms with van der Waals surface area (Å²) in [6.45, 7) is 5.14. The maximum absolute atomic E-state index is 12.5. The van der Waals surface area contributed by atoms with Crippen LogP contribution in [0.4, 0.5) is 10.9 Å². The third-order valence-electron chi connectivity index (χ3n) is 3.72. The average Bonchev–Trinajstić information content (AvgIpc) is 2.90. The second-order valence-corrected chi connectivity index (χ2v) is 6.20. The maximum atomic E-state index is 12.5. The van der Waals surface area contributed by atoms with Crippen molar-refractivity contribution in [3.63, 3.8) is 0 Å². The molecule has 0 aliphatic carbocycles. The second-order valence-electron chi connectivity index (χ2n) is 5.22. The summed E-state index contributed by atoms with van der Waals surface area (Å²) in [7, 11) is 0. The number of amides is 1. The number of rotatable bonds is 6. The Balaban J connectivity index is 2.11. The lowest BCUT2D eigenvalue weighted by Gasteiger charge is -2.25. The van der Waals surface area contributed by atoms with Gasteiger partial charge in [-0.2, -0.15) is 0 Å². The molecule has 1 fully saturated rings. The Morgan fingerprint density at radius 1 is 1.43 bits per heavy atom. The Bertz CT molecular complexity index is 472. The Labute approximate surface area is 129 Å². The second kappa shape index (κ2) is 7.61. The van der Waals surface area contributed by atoms with Crippen molar-refractivity contribution in [1.29, 1.82) is 0 Å². The molecular weight excluding hydrogens is 288 g/mol. The molecule has 1 aliphatic heterocycles. The largest absolute Gasteiger partial charge is 0.396 e. The lowest BCUT2D eigenvalue weighted by atomic mass is 10.1. The lowest BCUT2D eigenvalue weighted by molar-refractivity contribution is 0.0760. The lowest BCUT2D eigenvalue weighted by Crippen LogP contribution is -2.32. The summed E-state index contributed by atoms with van der Waals surface area (Å²) in [6, 6.07) is 0. The molecule has 0 unspecified atom stereocenters. The van der Waals surface area contributed by atoms with Gasteiger partial charge in [0.25, 0.3) is 5.91 Å². The number of piperidine rings is 1. The summed E-state index contributed by atoms with van der Waals surface area (Å²) in [5, 5.41) is 9.77. The van der Waals surface area contributed by atoms with Crippen LogP contribution in [0.2, 0.25) is 0 Å². The van der Waals surface area contributed by atoms with Crippen molar-refractivity contribution in [3.05, 3.63) is 4.88 Å². The molecule has 2 rings (SSSR count). The van der Waals surface area contributed by atoms with Crippen LogP contribution in [0.3, 0.4) is 0 Å². The van der Waals surface area contributed by atoms with E-state index >= 15 is 0 Å². The molecule has 3 N–H and O–H groups in total. The Morgan fingerprint density at radius 2 is 2.14 bits per heavy atom. The maximum Gasteiger partial charge on any atom is 0.267 e. The minimum atomic E-state index is -0.0794. The normalized spacial score (nSPS) is 15.2. The van der Waals surface area contributed by atoms with E-state index in [0.29, 0.717) is 30.2 Å². The van der Waals surface area contributed by atoms with E-state index in [2.05, 4.69) is 9.88 Å². The zero-order valence-corrected chi connectivity index (χ0v) is 13.4. The van der Waals surface area contributed by atoms with E-state index in [9.17, 15) is 4.79 Å². The van der Waals surface area contributed by atoms with Gasteiger partial charge < -0.3 is 20.6 Å². The number of carbonyl (C=O) groups excluding carboxylic acids is 1. The van der Waals surface area contributed by atoms with Crippen LogP contribution in [-0.2, 0) is 0 Å². The molecular formula is C14H24N4O2S. The first-order chi connectivity index (χ1) is 10.2. The first-order valence-corrected chi connectivity index (χ1v) is 8.40. The molecule has 0 aromatic carbocycles. The molecule has 0 spiro atoms. The summed E-state index contributed by atoms with van der Waals surface area (Å²) in [4.78, 5) is 21.3. The van der Waals surface area contributed by atoms with Gasteiger partial charge in [-0.15, -0.1) is 0 Å². The Kier molecular flexibility index (Phi) is 5.81. The van der Waals surface area contributed by atoms with E-state index in [0.717, 1.165) is 18.2 Å². The Hall–Kier alpha value is -1.34. The predicted molar refractivity (Wildman–Crippen MR) is 85.9 cm³/mol. The number of aliphatic hydroxyl groups excluding tert-OH is 1. The first kappa shape index (κ1) is 16.0. The molecule has 6 nitrogen and oxygen atoms in total. The van der Waals surface area contributed by atoms with Crippen LogP contribution >= 0.6 is 11.3 Å². The van der Waals surface area contributed by atoms with Crippen LogP contribution in [0.5, 0.6) is 0 Å². The minimum absolute atomic E-state index is 0.0794. The minimum Gasteiger partial charge on any atom is -0.396 e. The molecule has 21 heavy (non-hydrogen) atoms. The fraction of sp³-hybridized carbons (Fsp3) is 0.714. The fourth-order valence-electron chi connectivity index (χ4n) is 2.50. The molecule has 1 aromatic rings. The van der Waals surface area contributed by atoms with Gasteiger partial charge in [-0.25, -0.2) is 4.98 Å². The highest BCUT2D eigenvalue weighted by Gasteiger charge is 2.23. The highest BCUT2D eigenvalue weighted by Crippen LogP contribution is 2.30. The summed E-state index contributed by atoms with van der Waals surface area (Å²) < 4.78 is 0. The molecule has 1 saturated heterocycles. The van der Waals surface area contributed by atoms with Gasteiger partial charge >= 0.3 is 0 Å². The fourth-order valence-corrected chi connectivity index (χ4v) is 3.51. The predicted octanol–water partition coefficient (Wildman–Crippen LogP) is 1.56. The van der Waals surface area contributed by atoms with Gasteiger partial charge in [0.1, 0.15) is 10.7 Å². The van der Waals surface area contributed by atoms with Crippen molar-refractivity contribution in [2.45, 2.75) is 32.6 Å². The number of hydrogen-bond donors (Lipinski definition) is 2. The number of aliphatic hydroxyl groups is 1. The van der Waals surface area contributed by atoms with Crippen molar-refractivity contribution in [2.24, 2.45) is 0 Å². The van der Waals surface area contributed by atoms with Gasteiger partial charge in [-0.1, -0.05) is 11.3 Å². The molecule has 0 saturated carbocycles. The smallest absolute Gasteiger partial charge is 0.267 e. The van der Waals surface area contributed by atoms with Crippen molar-refractivity contribution < 1.29 is 9.90 Å². The average molecular weight is 312 g/mol. The quantitative estimate of drug-likeness (QED) is 0.833. The summed E-state index contributed by atoms with van der Waals surface area (Å²) in [5.74, 6) is 0.247. The van der Waals surface area contributed by atoms with Crippen molar-refractivity contribution in [2.75, 3.05) is 43.4 Å². The van der Waals surface area contributed by atoms with Gasteiger partial charge in [0.15, 0.2) is 5.13 Å². The number of nitrogen functional groups attached to an aromatic ring is 1. The van der Waals surface area contributed by atoms with Crippen LogP contribution < -0.4 is 10.6 Å². The van der Waals surface area contributed by atoms with E-state index in [1.807, 2.05) is 6.92 Å². The third-order valence-corrected chi connectivity index (χ3v) is 4.84. The van der Waals surface area contributed by atoms with Gasteiger partial charge in [-0.3, -0.25) is 4.79 Å². The monoisotopic (exact) mass is 312 g/mol. The molecule has 7 heteroatoms. The van der Waals surface area contributed by atoms with E-state index < -0.39 is 0 Å². The van der Waals surface area contributed by atoms with Crippen LogP contribution in [0.1, 0.15) is 42.3 Å². The summed E-state index contributed by atoms with van der Waals surface area (Å²) in [5.41, 5.74) is 5.95. The number of nitrogens with two attached hydrogens (primary N) is 1. The van der Waals surface area contributed by atoms with Crippen molar-refractivity contribution in [3.8, 4) is 0 Å². The number of thiazole rings is 1. The number of carbonyl (C=O) groups is 1. The highest BCUT2D eigenvalue weighted by atomic mass is 32.1. The SMILES string of the molecule is CCN(CCCO)C(=O)c1sc(N2CCCCC2)nc1N. The molecule has 0 atom stereocenters. The van der Waals surface area contributed by atoms with Crippen LogP contribution in [0.15, 0.2) is 0 Å². The summed E-state index contributed by atoms with van der Waals surface area (Å²) in [6.07, 6.45) is 4.17. The van der Waals surface area contributed by atoms with E-state index in [1.165, 1.54) is 30.6 Å². The van der Waals surface area contributed by atoms with Gasteiger partial charge in [-0.05, 0) is 32.6 Å². The molecule has 0 bridgehead atoms. The highest BCUT2D eigenvalue weighted by molar-refractivity contribution is 7.18. The van der Waals surface area contributed by atoms with Crippen LogP contribution in [0, 0.1) is 0 Å². The third kappa shape index (κ3) is 3.85. The van der Waals surface area contributed by atoms with Crippen LogP contribution in [0.25, 0.3) is 0 Å². The van der Waals surface area contributed by atoms with Gasteiger partial charge in [0, 0.05) is 32.8 Å². The molecule has 118 valence electrons. The standard InChI is InChI=1S/C14H24N4O2S/c1-2-17(9-6-10-19)13(20)11-12(15)16-14(21-11)18-7-4-3-5-8-18/h19H,2-10,15H2,1H3. The van der Waals surface area contributed by atoms with Crippen LogP contribution in [-0.4, -0.2) is 53.7 Å². The topological polar surface area (TPSA) is 82.7 Å².